The number of hydrogen-bond acceptors (Lipinski definition) is 6. The van der Waals surface area contributed by atoms with Crippen molar-refractivity contribution in [3.8, 4) is 16.9 Å². The molecule has 0 atom stereocenters. The number of rotatable bonds is 11. The molecule has 2 N–H and O–H groups in total. The minimum absolute atomic E-state index is 0.0161. The molecule has 0 spiro atoms. The summed E-state index contributed by atoms with van der Waals surface area (Å²) >= 11 is 0. The number of benzene rings is 2. The Morgan fingerprint density at radius 3 is 2.38 bits per heavy atom. The van der Waals surface area contributed by atoms with Crippen molar-refractivity contribution in [2.45, 2.75) is 89.1 Å². The van der Waals surface area contributed by atoms with Crippen molar-refractivity contribution in [3.05, 3.63) is 66.0 Å². The predicted molar refractivity (Wildman–Crippen MR) is 185 cm³/mol. The van der Waals surface area contributed by atoms with Crippen molar-refractivity contribution < 1.29 is 23.9 Å². The van der Waals surface area contributed by atoms with Crippen LogP contribution in [0.2, 0.25) is 0 Å². The highest BCUT2D eigenvalue weighted by Gasteiger charge is 2.33. The lowest BCUT2D eigenvalue weighted by atomic mass is 9.78. The maximum Gasteiger partial charge on any atom is 0.407 e. The Bertz CT molecular complexity index is 1580. The summed E-state index contributed by atoms with van der Waals surface area (Å²) < 4.78 is 12.1. The number of nitrogens with zero attached hydrogens (tertiary/aromatic N) is 3. The van der Waals surface area contributed by atoms with Crippen LogP contribution < -0.4 is 20.3 Å². The maximum atomic E-state index is 14.4. The lowest BCUT2D eigenvalue weighted by Crippen LogP contribution is -2.46. The van der Waals surface area contributed by atoms with Crippen LogP contribution >= 0.6 is 0 Å². The molecule has 0 bridgehead atoms. The van der Waals surface area contributed by atoms with E-state index >= 15 is 0 Å². The molecule has 0 aliphatic heterocycles. The minimum Gasteiger partial charge on any atom is -0.496 e. The summed E-state index contributed by atoms with van der Waals surface area (Å²) in [6, 6.07) is 15.4. The summed E-state index contributed by atoms with van der Waals surface area (Å²) in [5.41, 5.74) is 5.63. The van der Waals surface area contributed by atoms with Crippen LogP contribution in [0.4, 0.5) is 10.5 Å². The number of aromatic nitrogens is 2. The molecule has 6 rings (SSSR count). The topological polar surface area (TPSA) is 115 Å². The predicted octanol–water partition coefficient (Wildman–Crippen LogP) is 6.54. The van der Waals surface area contributed by atoms with Gasteiger partial charge < -0.3 is 25.0 Å². The van der Waals surface area contributed by atoms with Crippen LogP contribution in [0, 0.1) is 18.8 Å². The fourth-order valence-corrected chi connectivity index (χ4v) is 7.50. The molecule has 0 radical (unpaired) electrons. The monoisotopic (exact) mass is 655 g/mol. The minimum atomic E-state index is -0.635. The molecule has 0 saturated heterocycles. The molecule has 3 aliphatic carbocycles. The summed E-state index contributed by atoms with van der Waals surface area (Å²) in [5, 5.41) is 10.0. The first-order valence-corrected chi connectivity index (χ1v) is 17.5. The zero-order valence-electron chi connectivity index (χ0n) is 28.5. The number of carbonyl (C=O) groups excluding carboxylic acids is 3. The van der Waals surface area contributed by atoms with E-state index in [1.54, 1.807) is 7.11 Å². The molecule has 1 aromatic heterocycles. The van der Waals surface area contributed by atoms with Crippen molar-refractivity contribution in [2.24, 2.45) is 11.8 Å². The first-order chi connectivity index (χ1) is 23.3. The van der Waals surface area contributed by atoms with E-state index in [0.717, 1.165) is 61.1 Å². The van der Waals surface area contributed by atoms with Crippen molar-refractivity contribution in [2.75, 3.05) is 32.2 Å². The Labute approximate surface area is 283 Å². The van der Waals surface area contributed by atoms with Gasteiger partial charge in [0.15, 0.2) is 0 Å². The van der Waals surface area contributed by atoms with E-state index in [1.807, 2.05) is 6.20 Å². The normalized spacial score (nSPS) is 22.4. The van der Waals surface area contributed by atoms with Crippen molar-refractivity contribution in [1.29, 1.82) is 0 Å². The van der Waals surface area contributed by atoms with E-state index in [4.69, 9.17) is 4.74 Å². The van der Waals surface area contributed by atoms with Gasteiger partial charge in [-0.3, -0.25) is 14.3 Å². The van der Waals surface area contributed by atoms with Crippen LogP contribution in [-0.2, 0) is 14.3 Å². The van der Waals surface area contributed by atoms with Gasteiger partial charge in [0.25, 0.3) is 0 Å². The Balaban J connectivity index is 1.13. The van der Waals surface area contributed by atoms with Gasteiger partial charge in [-0.2, -0.15) is 5.10 Å². The molecule has 3 saturated carbocycles. The first kappa shape index (κ1) is 33.6. The zero-order chi connectivity index (χ0) is 33.6. The summed E-state index contributed by atoms with van der Waals surface area (Å²) in [6.07, 6.45) is 13.0. The Morgan fingerprint density at radius 2 is 1.69 bits per heavy atom. The average Bonchev–Trinajstić information content (AvgIpc) is 3.85. The molecule has 10 nitrogen and oxygen atoms in total. The number of ether oxygens (including phenoxy) is 2. The molecule has 3 amide bonds. The molecule has 3 fully saturated rings. The summed E-state index contributed by atoms with van der Waals surface area (Å²) in [6.45, 7) is 2.68. The van der Waals surface area contributed by atoms with E-state index in [2.05, 4.69) is 85.6 Å². The zero-order valence-corrected chi connectivity index (χ0v) is 28.5. The smallest absolute Gasteiger partial charge is 0.407 e. The van der Waals surface area contributed by atoms with E-state index in [-0.39, 0.29) is 30.3 Å². The third kappa shape index (κ3) is 8.20. The largest absolute Gasteiger partial charge is 0.496 e. The molecule has 3 aliphatic rings. The number of alkyl carbamates (subject to hydrolysis) is 1. The second-order valence-corrected chi connectivity index (χ2v) is 13.8. The Morgan fingerprint density at radius 1 is 0.917 bits per heavy atom. The highest BCUT2D eigenvalue weighted by atomic mass is 16.5. The second-order valence-electron chi connectivity index (χ2n) is 13.8. The van der Waals surface area contributed by atoms with Gasteiger partial charge >= 0.3 is 6.09 Å². The quantitative estimate of drug-likeness (QED) is 0.243. The number of anilines is 1. The fourth-order valence-electron chi connectivity index (χ4n) is 7.50. The van der Waals surface area contributed by atoms with Crippen LogP contribution in [-0.4, -0.2) is 61.0 Å². The van der Waals surface area contributed by atoms with Crippen LogP contribution in [0.25, 0.3) is 11.1 Å². The molecule has 3 aromatic rings. The summed E-state index contributed by atoms with van der Waals surface area (Å²) in [7, 11) is 2.98. The maximum absolute atomic E-state index is 14.4. The molecule has 256 valence electrons. The average molecular weight is 656 g/mol. The highest BCUT2D eigenvalue weighted by Crippen LogP contribution is 2.39. The molecule has 48 heavy (non-hydrogen) atoms. The van der Waals surface area contributed by atoms with Gasteiger partial charge in [-0.25, -0.2) is 4.79 Å². The lowest BCUT2D eigenvalue weighted by Gasteiger charge is -2.36. The van der Waals surface area contributed by atoms with Crippen LogP contribution in [0.1, 0.15) is 87.3 Å². The summed E-state index contributed by atoms with van der Waals surface area (Å²) in [5.74, 6) is 1.69. The van der Waals surface area contributed by atoms with Crippen molar-refractivity contribution >= 4 is 23.6 Å². The van der Waals surface area contributed by atoms with Gasteiger partial charge in [0.05, 0.1) is 26.5 Å². The van der Waals surface area contributed by atoms with Crippen molar-refractivity contribution in [1.82, 2.24) is 20.4 Å². The van der Waals surface area contributed by atoms with Crippen LogP contribution in [0.5, 0.6) is 5.75 Å². The molecule has 2 aromatic carbocycles. The number of methoxy groups -OCH3 is 2. The van der Waals surface area contributed by atoms with Crippen LogP contribution in [0.15, 0.2) is 54.9 Å². The highest BCUT2D eigenvalue weighted by molar-refractivity contribution is 5.96. The molecule has 0 unspecified atom stereocenters. The Kier molecular flexibility index (Phi) is 10.7. The van der Waals surface area contributed by atoms with Crippen molar-refractivity contribution in [3.63, 3.8) is 0 Å². The number of amides is 3. The number of carbonyl (C=O) groups is 3. The van der Waals surface area contributed by atoms with Gasteiger partial charge in [-0.05, 0) is 118 Å². The molecular formula is C38H49N5O5. The van der Waals surface area contributed by atoms with E-state index in [0.29, 0.717) is 37.3 Å². The van der Waals surface area contributed by atoms with E-state index < -0.39 is 6.09 Å². The number of nitrogens with one attached hydrogen (secondary N) is 2. The third-order valence-corrected chi connectivity index (χ3v) is 10.5. The standard InChI is InChI=1S/C38H49N5O5/c1-25-19-30(13-18-35(25)47-2)27-9-7-26(8-10-27)23-42(34-6-4-5-29(20-34)31-21-40-43(24-31)33-16-17-33)37(45)28-11-14-32(15-12-28)41-36(44)22-39-38(46)48-3/h4-6,13,18-21,24,26-28,32-33H,7-12,14-17,22-23H2,1-3H3,(H,39,46)(H,41,44)/t26-,27-,28-,32-. The molecule has 10 heteroatoms. The lowest BCUT2D eigenvalue weighted by molar-refractivity contribution is -0.123. The molecule has 1 heterocycles. The van der Waals surface area contributed by atoms with Gasteiger partial charge in [0, 0.05) is 36.0 Å². The van der Waals surface area contributed by atoms with Gasteiger partial charge in [-0.15, -0.1) is 0 Å². The number of aryl methyl sites for hydroxylation is 1. The van der Waals surface area contributed by atoms with Gasteiger partial charge in [-0.1, -0.05) is 24.3 Å². The number of hydrogen-bond donors (Lipinski definition) is 2. The van der Waals surface area contributed by atoms with Gasteiger partial charge in [0.1, 0.15) is 12.3 Å². The Hall–Kier alpha value is -4.34. The third-order valence-electron chi connectivity index (χ3n) is 10.5. The van der Waals surface area contributed by atoms with E-state index in [9.17, 15) is 14.4 Å². The first-order valence-electron chi connectivity index (χ1n) is 17.5. The van der Waals surface area contributed by atoms with Crippen LogP contribution in [0.3, 0.4) is 0 Å². The SMILES string of the molecule is COC(=O)NCC(=O)N[C@H]1CC[C@H](C(=O)N(C[C@H]2CC[C@H](c3ccc(OC)c(C)c3)CC2)c2cccc(-c3cnn(C4CC4)c3)c2)CC1. The summed E-state index contributed by atoms with van der Waals surface area (Å²) in [4.78, 5) is 40.1. The van der Waals surface area contributed by atoms with E-state index in [1.165, 1.54) is 31.1 Å². The fraction of sp³-hybridized carbons (Fsp3) is 0.526. The van der Waals surface area contributed by atoms with Gasteiger partial charge in [0.2, 0.25) is 11.8 Å². The second kappa shape index (κ2) is 15.3. The molecular weight excluding hydrogens is 606 g/mol.